The summed E-state index contributed by atoms with van der Waals surface area (Å²) in [5.41, 5.74) is 0. The van der Waals surface area contributed by atoms with Gasteiger partial charge in [0, 0.05) is 25.8 Å². The van der Waals surface area contributed by atoms with E-state index in [1.165, 1.54) is 12.3 Å². The number of nitrogens with zero attached hydrogens (tertiary/aromatic N) is 2. The number of aliphatic carboxylic acids is 1. The van der Waals surface area contributed by atoms with Crippen LogP contribution in [0, 0.1) is 5.92 Å². The van der Waals surface area contributed by atoms with Crippen molar-refractivity contribution in [2.75, 3.05) is 18.5 Å². The maximum Gasteiger partial charge on any atom is 0.308 e. The molecule has 23 heavy (non-hydrogen) atoms. The van der Waals surface area contributed by atoms with Crippen LogP contribution in [0.3, 0.4) is 0 Å². The molecule has 2 N–H and O–H groups in total. The lowest BCUT2D eigenvalue weighted by atomic mass is 10.2. The summed E-state index contributed by atoms with van der Waals surface area (Å²) in [6.07, 6.45) is 2.73. The summed E-state index contributed by atoms with van der Waals surface area (Å²) >= 11 is 0. The second-order valence-electron chi connectivity index (χ2n) is 5.61. The Morgan fingerprint density at radius 1 is 1.35 bits per heavy atom. The fourth-order valence-corrected chi connectivity index (χ4v) is 3.43. The van der Waals surface area contributed by atoms with Crippen molar-refractivity contribution in [1.82, 2.24) is 9.71 Å². The molecule has 1 atom stereocenters. The lowest BCUT2D eigenvalue weighted by Gasteiger charge is -2.20. The first-order valence-corrected chi connectivity index (χ1v) is 9.11. The van der Waals surface area contributed by atoms with Crippen LogP contribution >= 0.6 is 0 Å². The quantitative estimate of drug-likeness (QED) is 0.708. The molecule has 7 nitrogen and oxygen atoms in total. The van der Waals surface area contributed by atoms with E-state index < -0.39 is 21.9 Å². The van der Waals surface area contributed by atoms with E-state index in [0.717, 1.165) is 12.8 Å². The molecule has 0 fully saturated rings. The summed E-state index contributed by atoms with van der Waals surface area (Å²) in [6, 6.07) is 2.96. The smallest absolute Gasteiger partial charge is 0.308 e. The third-order valence-corrected chi connectivity index (χ3v) is 5.20. The van der Waals surface area contributed by atoms with Crippen molar-refractivity contribution in [3.05, 3.63) is 18.3 Å². The molecule has 0 amide bonds. The lowest BCUT2D eigenvalue weighted by molar-refractivity contribution is -0.140. The minimum atomic E-state index is -3.59. The molecule has 1 heterocycles. The molecular weight excluding hydrogens is 318 g/mol. The van der Waals surface area contributed by atoms with Crippen LogP contribution in [0.2, 0.25) is 0 Å². The molecule has 0 saturated carbocycles. The van der Waals surface area contributed by atoms with Gasteiger partial charge in [-0.25, -0.2) is 18.1 Å². The van der Waals surface area contributed by atoms with Crippen molar-refractivity contribution in [2.45, 2.75) is 44.6 Å². The number of aromatic nitrogens is 1. The fourth-order valence-electron chi connectivity index (χ4n) is 2.08. The molecule has 0 bridgehead atoms. The highest BCUT2D eigenvalue weighted by Gasteiger charge is 2.19. The van der Waals surface area contributed by atoms with Crippen molar-refractivity contribution in [1.29, 1.82) is 0 Å². The van der Waals surface area contributed by atoms with E-state index in [9.17, 15) is 13.2 Å². The van der Waals surface area contributed by atoms with Gasteiger partial charge in [-0.05, 0) is 25.0 Å². The Hall–Kier alpha value is -1.67. The summed E-state index contributed by atoms with van der Waals surface area (Å²) in [5.74, 6) is -0.897. The van der Waals surface area contributed by atoms with E-state index in [2.05, 4.69) is 9.71 Å². The Labute approximate surface area is 137 Å². The molecule has 0 spiro atoms. The fraction of sp³-hybridized carbons (Fsp3) is 0.600. The van der Waals surface area contributed by atoms with Crippen LogP contribution in [0.5, 0.6) is 0 Å². The van der Waals surface area contributed by atoms with Crippen LogP contribution in [0.1, 0.15) is 33.6 Å². The molecule has 1 aromatic heterocycles. The van der Waals surface area contributed by atoms with Crippen molar-refractivity contribution in [3.63, 3.8) is 0 Å². The molecule has 0 aliphatic carbocycles. The zero-order valence-corrected chi connectivity index (χ0v) is 14.8. The maximum atomic E-state index is 12.3. The standard InChI is InChI=1S/C15H25N3O4S/c1-5-12(6-2)17-23(21,22)13-7-8-14(16-9-13)18(4)10-11(3)15(19)20/h7-9,11-12,17H,5-6,10H2,1-4H3,(H,19,20). The summed E-state index contributed by atoms with van der Waals surface area (Å²) in [4.78, 5) is 16.8. The predicted octanol–water partition coefficient (Wildman–Crippen LogP) is 1.71. The van der Waals surface area contributed by atoms with Crippen LogP contribution in [0.15, 0.2) is 23.2 Å². The van der Waals surface area contributed by atoms with Crippen LogP contribution in [0.4, 0.5) is 5.82 Å². The molecule has 130 valence electrons. The van der Waals surface area contributed by atoms with E-state index in [-0.39, 0.29) is 10.9 Å². The molecule has 0 aromatic carbocycles. The molecule has 8 heteroatoms. The van der Waals surface area contributed by atoms with Gasteiger partial charge in [-0.2, -0.15) is 0 Å². The Balaban J connectivity index is 2.85. The van der Waals surface area contributed by atoms with E-state index in [0.29, 0.717) is 12.4 Å². The largest absolute Gasteiger partial charge is 0.481 e. The number of hydrogen-bond acceptors (Lipinski definition) is 5. The van der Waals surface area contributed by atoms with Crippen LogP contribution < -0.4 is 9.62 Å². The predicted molar refractivity (Wildman–Crippen MR) is 89.0 cm³/mol. The van der Waals surface area contributed by atoms with E-state index in [1.54, 1.807) is 24.9 Å². The molecule has 1 unspecified atom stereocenters. The first-order valence-electron chi connectivity index (χ1n) is 7.63. The zero-order valence-electron chi connectivity index (χ0n) is 14.0. The number of carbonyl (C=O) groups is 1. The third-order valence-electron chi connectivity index (χ3n) is 3.70. The zero-order chi connectivity index (χ0) is 17.6. The Morgan fingerprint density at radius 2 is 1.96 bits per heavy atom. The van der Waals surface area contributed by atoms with Crippen molar-refractivity contribution in [3.8, 4) is 0 Å². The summed E-state index contributed by atoms with van der Waals surface area (Å²) in [6.45, 7) is 5.75. The Kier molecular flexibility index (Phi) is 6.96. The molecule has 0 radical (unpaired) electrons. The summed E-state index contributed by atoms with van der Waals surface area (Å²) < 4.78 is 27.2. The average molecular weight is 343 g/mol. The molecule has 0 saturated heterocycles. The van der Waals surface area contributed by atoms with Gasteiger partial charge in [0.25, 0.3) is 0 Å². The van der Waals surface area contributed by atoms with Crippen LogP contribution in [-0.4, -0.2) is 44.1 Å². The van der Waals surface area contributed by atoms with Gasteiger partial charge in [0.1, 0.15) is 10.7 Å². The highest BCUT2D eigenvalue weighted by molar-refractivity contribution is 7.89. The van der Waals surface area contributed by atoms with E-state index in [1.807, 2.05) is 13.8 Å². The van der Waals surface area contributed by atoms with Gasteiger partial charge < -0.3 is 10.0 Å². The summed E-state index contributed by atoms with van der Waals surface area (Å²) in [7, 11) is -1.87. The number of sulfonamides is 1. The number of rotatable bonds is 9. The highest BCUT2D eigenvalue weighted by atomic mass is 32.2. The average Bonchev–Trinajstić information content (AvgIpc) is 2.52. The first kappa shape index (κ1) is 19.4. The highest BCUT2D eigenvalue weighted by Crippen LogP contribution is 2.15. The second kappa shape index (κ2) is 8.26. The number of nitrogens with one attached hydrogen (secondary N) is 1. The molecule has 0 aliphatic rings. The topological polar surface area (TPSA) is 99.6 Å². The number of carboxylic acid groups (broad SMARTS) is 1. The minimum absolute atomic E-state index is 0.0984. The number of carboxylic acids is 1. The molecular formula is C15H25N3O4S. The van der Waals surface area contributed by atoms with Gasteiger partial charge in [0.15, 0.2) is 0 Å². The third kappa shape index (κ3) is 5.47. The van der Waals surface area contributed by atoms with Crippen molar-refractivity contribution in [2.24, 2.45) is 5.92 Å². The number of pyridine rings is 1. The maximum absolute atomic E-state index is 12.3. The van der Waals surface area contributed by atoms with Crippen molar-refractivity contribution >= 4 is 21.8 Å². The van der Waals surface area contributed by atoms with Crippen LogP contribution in [-0.2, 0) is 14.8 Å². The van der Waals surface area contributed by atoms with Gasteiger partial charge in [-0.3, -0.25) is 4.79 Å². The van der Waals surface area contributed by atoms with Crippen molar-refractivity contribution < 1.29 is 18.3 Å². The van der Waals surface area contributed by atoms with E-state index in [4.69, 9.17) is 5.11 Å². The SMILES string of the molecule is CCC(CC)NS(=O)(=O)c1ccc(N(C)CC(C)C(=O)O)nc1. The second-order valence-corrected chi connectivity index (χ2v) is 7.32. The molecule has 1 rings (SSSR count). The van der Waals surface area contributed by atoms with Gasteiger partial charge in [0.2, 0.25) is 10.0 Å². The lowest BCUT2D eigenvalue weighted by Crippen LogP contribution is -2.34. The van der Waals surface area contributed by atoms with E-state index >= 15 is 0 Å². The first-order chi connectivity index (χ1) is 10.7. The monoisotopic (exact) mass is 343 g/mol. The van der Waals surface area contributed by atoms with Gasteiger partial charge in [-0.1, -0.05) is 20.8 Å². The Bertz CT molecular complexity index is 612. The molecule has 1 aromatic rings. The number of hydrogen-bond donors (Lipinski definition) is 2. The minimum Gasteiger partial charge on any atom is -0.481 e. The molecule has 0 aliphatic heterocycles. The number of anilines is 1. The van der Waals surface area contributed by atoms with Gasteiger partial charge in [0.05, 0.1) is 5.92 Å². The van der Waals surface area contributed by atoms with Gasteiger partial charge in [-0.15, -0.1) is 0 Å². The normalized spacial score (nSPS) is 13.1. The van der Waals surface area contributed by atoms with Crippen LogP contribution in [0.25, 0.3) is 0 Å². The summed E-state index contributed by atoms with van der Waals surface area (Å²) in [5, 5.41) is 8.92. The van der Waals surface area contributed by atoms with Gasteiger partial charge >= 0.3 is 5.97 Å². The Morgan fingerprint density at radius 3 is 2.39 bits per heavy atom.